The van der Waals surface area contributed by atoms with Gasteiger partial charge >= 0.3 is 0 Å². The highest BCUT2D eigenvalue weighted by Gasteiger charge is 2.37. The molecule has 0 saturated carbocycles. The van der Waals surface area contributed by atoms with Gasteiger partial charge in [0.1, 0.15) is 0 Å². The maximum Gasteiger partial charge on any atom is 0.155 e. The summed E-state index contributed by atoms with van der Waals surface area (Å²) in [4.78, 5) is 15.0. The zero-order valence-electron chi connectivity index (χ0n) is 13.9. The Bertz CT molecular complexity index is 273. The van der Waals surface area contributed by atoms with E-state index in [1.54, 1.807) is 0 Å². The molecule has 0 aromatic rings. The summed E-state index contributed by atoms with van der Waals surface area (Å²) in [6, 6.07) is 0.0277. The van der Waals surface area contributed by atoms with Crippen molar-refractivity contribution < 1.29 is 4.79 Å². The first kappa shape index (κ1) is 17.6. The number of carbonyl (C=O) groups excluding carboxylic acids is 1. The minimum absolute atomic E-state index is 0.0268. The lowest BCUT2D eigenvalue weighted by molar-refractivity contribution is -0.135. The average Bonchev–Trinajstić information content (AvgIpc) is 2.22. The van der Waals surface area contributed by atoms with Crippen LogP contribution in [0, 0.1) is 11.3 Å². The maximum atomic E-state index is 12.8. The van der Waals surface area contributed by atoms with Gasteiger partial charge in [-0.1, -0.05) is 34.6 Å². The molecule has 0 fully saturated rings. The summed E-state index contributed by atoms with van der Waals surface area (Å²) in [5.74, 6) is 0.924. The van der Waals surface area contributed by atoms with Crippen LogP contribution in [-0.4, -0.2) is 29.3 Å². The highest BCUT2D eigenvalue weighted by atomic mass is 16.1. The van der Waals surface area contributed by atoms with Crippen molar-refractivity contribution in [3.63, 3.8) is 0 Å². The zero-order chi connectivity index (χ0) is 14.7. The van der Waals surface area contributed by atoms with Crippen molar-refractivity contribution in [2.45, 2.75) is 79.8 Å². The Morgan fingerprint density at radius 3 is 1.83 bits per heavy atom. The first-order chi connectivity index (χ1) is 7.93. The maximum absolute atomic E-state index is 12.8. The van der Waals surface area contributed by atoms with Crippen LogP contribution < -0.4 is 0 Å². The van der Waals surface area contributed by atoms with E-state index in [0.29, 0.717) is 11.7 Å². The fraction of sp³-hybridized carbons (Fsp3) is 0.938. The molecule has 0 aliphatic rings. The average molecular weight is 255 g/mol. The summed E-state index contributed by atoms with van der Waals surface area (Å²) < 4.78 is 0. The van der Waals surface area contributed by atoms with Gasteiger partial charge in [0.2, 0.25) is 0 Å². The van der Waals surface area contributed by atoms with E-state index in [-0.39, 0.29) is 17.0 Å². The SMILES string of the molecule is CCC(C)(C)C(=O)[C@@H](CC(C)C)N(C)C(C)(C)C. The number of nitrogens with zero attached hydrogens (tertiary/aromatic N) is 1. The number of Topliss-reactive ketones (excluding diaryl/α,β-unsaturated/α-hetero) is 1. The molecule has 0 aromatic heterocycles. The molecule has 0 aliphatic heterocycles. The molecule has 0 N–H and O–H groups in total. The monoisotopic (exact) mass is 255 g/mol. The van der Waals surface area contributed by atoms with Crippen LogP contribution in [0.1, 0.15) is 68.2 Å². The topological polar surface area (TPSA) is 20.3 Å². The van der Waals surface area contributed by atoms with Crippen molar-refractivity contribution in [2.75, 3.05) is 7.05 Å². The molecule has 0 aliphatic carbocycles. The van der Waals surface area contributed by atoms with Gasteiger partial charge < -0.3 is 0 Å². The second-order valence-corrected chi connectivity index (χ2v) is 7.53. The van der Waals surface area contributed by atoms with E-state index in [0.717, 1.165) is 12.8 Å². The summed E-state index contributed by atoms with van der Waals surface area (Å²) in [6.45, 7) is 17.1. The number of hydrogen-bond acceptors (Lipinski definition) is 2. The third-order valence-corrected chi connectivity index (χ3v) is 4.07. The molecule has 1 atom stereocenters. The van der Waals surface area contributed by atoms with Gasteiger partial charge in [0.15, 0.2) is 5.78 Å². The second kappa shape index (κ2) is 6.18. The molecule has 2 heteroatoms. The van der Waals surface area contributed by atoms with Crippen LogP contribution in [0.2, 0.25) is 0 Å². The minimum Gasteiger partial charge on any atom is -0.297 e. The molecule has 0 amide bonds. The van der Waals surface area contributed by atoms with E-state index in [4.69, 9.17) is 0 Å². The van der Waals surface area contributed by atoms with E-state index >= 15 is 0 Å². The third kappa shape index (κ3) is 4.72. The van der Waals surface area contributed by atoms with E-state index in [2.05, 4.69) is 67.3 Å². The molecule has 0 radical (unpaired) electrons. The highest BCUT2D eigenvalue weighted by molar-refractivity contribution is 5.89. The van der Waals surface area contributed by atoms with Crippen LogP contribution in [-0.2, 0) is 4.79 Å². The van der Waals surface area contributed by atoms with Crippen molar-refractivity contribution in [3.05, 3.63) is 0 Å². The highest BCUT2D eigenvalue weighted by Crippen LogP contribution is 2.29. The van der Waals surface area contributed by atoms with Gasteiger partial charge in [0.05, 0.1) is 6.04 Å². The standard InChI is InChI=1S/C16H33NO/c1-10-16(7,8)14(18)13(11-12(2)3)17(9)15(4,5)6/h12-13H,10-11H2,1-9H3/t13-/m1/s1. The quantitative estimate of drug-likeness (QED) is 0.711. The predicted molar refractivity (Wildman–Crippen MR) is 79.8 cm³/mol. The molecule has 0 spiro atoms. The largest absolute Gasteiger partial charge is 0.297 e. The fourth-order valence-electron chi connectivity index (χ4n) is 1.98. The van der Waals surface area contributed by atoms with E-state index in [1.165, 1.54) is 0 Å². The summed E-state index contributed by atoms with van der Waals surface area (Å²) >= 11 is 0. The Morgan fingerprint density at radius 1 is 1.11 bits per heavy atom. The van der Waals surface area contributed by atoms with Gasteiger partial charge in [-0.15, -0.1) is 0 Å². The Kier molecular flexibility index (Phi) is 6.06. The first-order valence-electron chi connectivity index (χ1n) is 7.20. The molecule has 108 valence electrons. The number of ketones is 1. The molecule has 0 rings (SSSR count). The van der Waals surface area contributed by atoms with Gasteiger partial charge in [0, 0.05) is 11.0 Å². The van der Waals surface area contributed by atoms with Crippen molar-refractivity contribution in [1.29, 1.82) is 0 Å². The lowest BCUT2D eigenvalue weighted by Gasteiger charge is -2.41. The van der Waals surface area contributed by atoms with Crippen LogP contribution in [0.25, 0.3) is 0 Å². The van der Waals surface area contributed by atoms with Crippen molar-refractivity contribution in [1.82, 2.24) is 4.90 Å². The van der Waals surface area contributed by atoms with Crippen molar-refractivity contribution in [3.8, 4) is 0 Å². The van der Waals surface area contributed by atoms with E-state index in [1.807, 2.05) is 0 Å². The molecule has 0 heterocycles. The number of likely N-dealkylation sites (N-methyl/N-ethyl adjacent to an activating group) is 1. The van der Waals surface area contributed by atoms with Gasteiger partial charge in [-0.3, -0.25) is 9.69 Å². The van der Waals surface area contributed by atoms with Crippen LogP contribution in [0.4, 0.5) is 0 Å². The molecule has 0 aromatic carbocycles. The molecule has 0 saturated heterocycles. The second-order valence-electron chi connectivity index (χ2n) is 7.53. The minimum atomic E-state index is -0.223. The first-order valence-corrected chi connectivity index (χ1v) is 7.20. The molecule has 0 unspecified atom stereocenters. The van der Waals surface area contributed by atoms with Crippen molar-refractivity contribution >= 4 is 5.78 Å². The van der Waals surface area contributed by atoms with Crippen LogP contribution in [0.5, 0.6) is 0 Å². The zero-order valence-corrected chi connectivity index (χ0v) is 13.9. The number of carbonyl (C=O) groups is 1. The van der Waals surface area contributed by atoms with Gasteiger partial charge in [-0.2, -0.15) is 0 Å². The van der Waals surface area contributed by atoms with E-state index < -0.39 is 0 Å². The lowest BCUT2D eigenvalue weighted by atomic mass is 9.78. The number of rotatable bonds is 6. The summed E-state index contributed by atoms with van der Waals surface area (Å²) in [5.41, 5.74) is -0.196. The Labute approximate surface area is 114 Å². The fourth-order valence-corrected chi connectivity index (χ4v) is 1.98. The smallest absolute Gasteiger partial charge is 0.155 e. The summed E-state index contributed by atoms with van der Waals surface area (Å²) in [5, 5.41) is 0. The molecule has 18 heavy (non-hydrogen) atoms. The lowest BCUT2D eigenvalue weighted by Crippen LogP contribution is -2.52. The van der Waals surface area contributed by atoms with Crippen LogP contribution in [0.15, 0.2) is 0 Å². The molecular weight excluding hydrogens is 222 g/mol. The Hall–Kier alpha value is -0.370. The van der Waals surface area contributed by atoms with Gasteiger partial charge in [0.25, 0.3) is 0 Å². The Morgan fingerprint density at radius 2 is 1.56 bits per heavy atom. The normalized spacial score (nSPS) is 15.3. The van der Waals surface area contributed by atoms with Crippen LogP contribution >= 0.6 is 0 Å². The summed E-state index contributed by atoms with van der Waals surface area (Å²) in [7, 11) is 2.08. The van der Waals surface area contributed by atoms with Crippen LogP contribution in [0.3, 0.4) is 0 Å². The molecule has 2 nitrogen and oxygen atoms in total. The predicted octanol–water partition coefficient (Wildman–Crippen LogP) is 4.14. The van der Waals surface area contributed by atoms with Gasteiger partial charge in [-0.05, 0) is 46.6 Å². The Balaban J connectivity index is 5.19. The summed E-state index contributed by atoms with van der Waals surface area (Å²) in [6.07, 6.45) is 1.84. The van der Waals surface area contributed by atoms with E-state index in [9.17, 15) is 4.79 Å². The molecule has 0 bridgehead atoms. The van der Waals surface area contributed by atoms with Gasteiger partial charge in [-0.25, -0.2) is 0 Å². The molecular formula is C16H33NO. The van der Waals surface area contributed by atoms with Crippen molar-refractivity contribution in [2.24, 2.45) is 11.3 Å². The third-order valence-electron chi connectivity index (χ3n) is 4.07. The number of hydrogen-bond donors (Lipinski definition) is 0.